The molecule has 0 spiro atoms. The van der Waals surface area contributed by atoms with Gasteiger partial charge in [0, 0.05) is 30.8 Å². The van der Waals surface area contributed by atoms with Gasteiger partial charge in [-0.2, -0.15) is 0 Å². The number of nitrogens with one attached hydrogen (secondary N) is 1. The molecule has 1 fully saturated rings. The van der Waals surface area contributed by atoms with Crippen LogP contribution >= 0.6 is 0 Å². The summed E-state index contributed by atoms with van der Waals surface area (Å²) in [5.41, 5.74) is 1.59. The highest BCUT2D eigenvalue weighted by Gasteiger charge is 2.20. The third-order valence-corrected chi connectivity index (χ3v) is 5.68. The average molecular weight is 430 g/mol. The molecule has 1 aliphatic rings. The molecule has 3 rings (SSSR count). The smallest absolute Gasteiger partial charge is 0.234 e. The Kier molecular flexibility index (Phi) is 8.26. The lowest BCUT2D eigenvalue weighted by Gasteiger charge is -2.23. The van der Waals surface area contributed by atoms with Crippen LogP contribution in [0.25, 0.3) is 0 Å². The number of ether oxygens (including phenoxy) is 2. The molecule has 0 aliphatic carbocycles. The first kappa shape index (κ1) is 23.0. The Morgan fingerprint density at radius 3 is 2.55 bits per heavy atom. The Hall–Kier alpha value is -2.64. The van der Waals surface area contributed by atoms with Crippen LogP contribution in [0.2, 0.25) is 0 Å². The summed E-state index contributed by atoms with van der Waals surface area (Å²) in [6.07, 6.45) is 0.945. The molecule has 0 saturated carbocycles. The summed E-state index contributed by atoms with van der Waals surface area (Å²) < 4.78 is 24.7. The summed E-state index contributed by atoms with van der Waals surface area (Å²) in [6.45, 7) is 6.19. The maximum atomic E-state index is 14.0. The predicted molar refractivity (Wildman–Crippen MR) is 119 cm³/mol. The van der Waals surface area contributed by atoms with E-state index in [0.29, 0.717) is 18.8 Å². The number of carbonyl (C=O) groups is 1. The van der Waals surface area contributed by atoms with Gasteiger partial charge in [-0.1, -0.05) is 18.2 Å². The second kappa shape index (κ2) is 11.1. The highest BCUT2D eigenvalue weighted by Crippen LogP contribution is 2.29. The molecule has 1 unspecified atom stereocenters. The number of amides is 1. The molecule has 1 saturated heterocycles. The van der Waals surface area contributed by atoms with Gasteiger partial charge >= 0.3 is 0 Å². The molecule has 2 aromatic rings. The molecular formula is C24H32FN3O3. The second-order valence-electron chi connectivity index (χ2n) is 7.89. The van der Waals surface area contributed by atoms with Crippen molar-refractivity contribution < 1.29 is 18.7 Å². The lowest BCUT2D eigenvalue weighted by molar-refractivity contribution is -0.122. The van der Waals surface area contributed by atoms with Gasteiger partial charge in [-0.25, -0.2) is 4.39 Å². The average Bonchev–Trinajstić information content (AvgIpc) is 2.99. The third-order valence-electron chi connectivity index (χ3n) is 5.68. The normalized spacial score (nSPS) is 16.4. The SMILES string of the molecule is COc1ccc(OC)c(C(C)NC(=O)CN2CCCN(Cc3ccccc3F)CC2)c1. The molecule has 0 radical (unpaired) electrons. The topological polar surface area (TPSA) is 54.0 Å². The van der Waals surface area contributed by atoms with Crippen LogP contribution < -0.4 is 14.8 Å². The van der Waals surface area contributed by atoms with E-state index in [9.17, 15) is 9.18 Å². The minimum atomic E-state index is -0.206. The van der Waals surface area contributed by atoms with E-state index in [1.165, 1.54) is 6.07 Å². The summed E-state index contributed by atoms with van der Waals surface area (Å²) in [7, 11) is 3.23. The van der Waals surface area contributed by atoms with E-state index in [-0.39, 0.29) is 17.8 Å². The van der Waals surface area contributed by atoms with Crippen LogP contribution in [0.4, 0.5) is 4.39 Å². The van der Waals surface area contributed by atoms with Gasteiger partial charge in [0.15, 0.2) is 0 Å². The standard InChI is InChI=1S/C24H32FN3O3/c1-18(21-15-20(30-2)9-10-23(21)31-3)26-24(29)17-28-12-6-11-27(13-14-28)16-19-7-4-5-8-22(19)25/h4-5,7-10,15,18H,6,11-14,16-17H2,1-3H3,(H,26,29). The number of halogens is 1. The fraction of sp³-hybridized carbons (Fsp3) is 0.458. The van der Waals surface area contributed by atoms with Gasteiger partial charge in [0.25, 0.3) is 0 Å². The molecule has 0 bridgehead atoms. The first-order valence-electron chi connectivity index (χ1n) is 10.7. The van der Waals surface area contributed by atoms with Gasteiger partial charge in [-0.3, -0.25) is 14.6 Å². The largest absolute Gasteiger partial charge is 0.497 e. The van der Waals surface area contributed by atoms with Crippen LogP contribution in [0.1, 0.15) is 30.5 Å². The molecule has 7 heteroatoms. The van der Waals surface area contributed by atoms with Gasteiger partial charge in [0.2, 0.25) is 5.91 Å². The van der Waals surface area contributed by atoms with Crippen molar-refractivity contribution in [2.24, 2.45) is 0 Å². The van der Waals surface area contributed by atoms with E-state index in [1.54, 1.807) is 20.3 Å². The van der Waals surface area contributed by atoms with Crippen molar-refractivity contribution in [2.45, 2.75) is 25.9 Å². The summed E-state index contributed by atoms with van der Waals surface area (Å²) >= 11 is 0. The molecule has 2 aromatic carbocycles. The Bertz CT molecular complexity index is 877. The van der Waals surface area contributed by atoms with Crippen LogP contribution in [-0.2, 0) is 11.3 Å². The zero-order valence-electron chi connectivity index (χ0n) is 18.6. The first-order valence-corrected chi connectivity index (χ1v) is 10.7. The minimum Gasteiger partial charge on any atom is -0.497 e. The van der Waals surface area contributed by atoms with Crippen molar-refractivity contribution in [2.75, 3.05) is 46.9 Å². The molecule has 168 valence electrons. The van der Waals surface area contributed by atoms with E-state index in [2.05, 4.69) is 15.1 Å². The summed E-state index contributed by atoms with van der Waals surface area (Å²) in [5.74, 6) is 1.25. The van der Waals surface area contributed by atoms with Gasteiger partial charge in [-0.05, 0) is 50.7 Å². The monoisotopic (exact) mass is 429 g/mol. The van der Waals surface area contributed by atoms with Gasteiger partial charge in [0.05, 0.1) is 26.8 Å². The van der Waals surface area contributed by atoms with Crippen molar-refractivity contribution in [1.82, 2.24) is 15.1 Å². The van der Waals surface area contributed by atoms with E-state index >= 15 is 0 Å². The predicted octanol–water partition coefficient (Wildman–Crippen LogP) is 3.23. The zero-order valence-corrected chi connectivity index (χ0v) is 18.6. The van der Waals surface area contributed by atoms with E-state index < -0.39 is 0 Å². The fourth-order valence-corrected chi connectivity index (χ4v) is 3.95. The van der Waals surface area contributed by atoms with Crippen molar-refractivity contribution >= 4 is 5.91 Å². The van der Waals surface area contributed by atoms with E-state index in [0.717, 1.165) is 49.5 Å². The lowest BCUT2D eigenvalue weighted by Crippen LogP contribution is -2.40. The number of rotatable bonds is 8. The maximum absolute atomic E-state index is 14.0. The molecule has 1 atom stereocenters. The van der Waals surface area contributed by atoms with Gasteiger partial charge < -0.3 is 14.8 Å². The maximum Gasteiger partial charge on any atom is 0.234 e. The van der Waals surface area contributed by atoms with Crippen LogP contribution in [0.15, 0.2) is 42.5 Å². The molecular weight excluding hydrogens is 397 g/mol. The van der Waals surface area contributed by atoms with Gasteiger partial charge in [0.1, 0.15) is 17.3 Å². The first-order chi connectivity index (χ1) is 15.0. The van der Waals surface area contributed by atoms with Crippen LogP contribution in [0.3, 0.4) is 0 Å². The fourth-order valence-electron chi connectivity index (χ4n) is 3.95. The highest BCUT2D eigenvalue weighted by atomic mass is 19.1. The Balaban J connectivity index is 1.52. The second-order valence-corrected chi connectivity index (χ2v) is 7.89. The molecule has 0 aromatic heterocycles. The van der Waals surface area contributed by atoms with Crippen molar-refractivity contribution in [3.05, 3.63) is 59.4 Å². The third kappa shape index (κ3) is 6.42. The van der Waals surface area contributed by atoms with E-state index in [4.69, 9.17) is 9.47 Å². The summed E-state index contributed by atoms with van der Waals surface area (Å²) in [6, 6.07) is 12.3. The number of hydrogen-bond acceptors (Lipinski definition) is 5. The highest BCUT2D eigenvalue weighted by molar-refractivity contribution is 5.78. The molecule has 6 nitrogen and oxygen atoms in total. The summed E-state index contributed by atoms with van der Waals surface area (Å²) in [4.78, 5) is 17.1. The van der Waals surface area contributed by atoms with E-state index in [1.807, 2.05) is 37.3 Å². The van der Waals surface area contributed by atoms with Crippen molar-refractivity contribution in [3.63, 3.8) is 0 Å². The lowest BCUT2D eigenvalue weighted by atomic mass is 10.1. The van der Waals surface area contributed by atoms with Crippen LogP contribution in [-0.4, -0.2) is 62.7 Å². The molecule has 1 aliphatic heterocycles. The molecule has 1 N–H and O–H groups in total. The number of carbonyl (C=O) groups excluding carboxylic acids is 1. The Labute approximate surface area is 183 Å². The molecule has 1 amide bonds. The van der Waals surface area contributed by atoms with Gasteiger partial charge in [-0.15, -0.1) is 0 Å². The minimum absolute atomic E-state index is 0.0278. The van der Waals surface area contributed by atoms with Crippen molar-refractivity contribution in [3.8, 4) is 11.5 Å². The number of benzene rings is 2. The number of hydrogen-bond donors (Lipinski definition) is 1. The quantitative estimate of drug-likeness (QED) is 0.698. The number of nitrogens with zero attached hydrogens (tertiary/aromatic N) is 2. The van der Waals surface area contributed by atoms with Crippen molar-refractivity contribution in [1.29, 1.82) is 0 Å². The van der Waals surface area contributed by atoms with Crippen LogP contribution in [0, 0.1) is 5.82 Å². The number of methoxy groups -OCH3 is 2. The summed E-state index contributed by atoms with van der Waals surface area (Å²) in [5, 5.41) is 3.07. The molecule has 1 heterocycles. The Morgan fingerprint density at radius 2 is 1.81 bits per heavy atom. The van der Waals surface area contributed by atoms with Crippen LogP contribution in [0.5, 0.6) is 11.5 Å². The zero-order chi connectivity index (χ0) is 22.2. The Morgan fingerprint density at radius 1 is 1.06 bits per heavy atom. The molecule has 31 heavy (non-hydrogen) atoms.